The highest BCUT2D eigenvalue weighted by atomic mass is 15.1. The van der Waals surface area contributed by atoms with E-state index in [1.807, 2.05) is 24.3 Å². The summed E-state index contributed by atoms with van der Waals surface area (Å²) in [6.07, 6.45) is 2.36. The Kier molecular flexibility index (Phi) is 5.12. The minimum atomic E-state index is 0.634. The van der Waals surface area contributed by atoms with Crippen LogP contribution in [0.25, 0.3) is 0 Å². The van der Waals surface area contributed by atoms with Gasteiger partial charge in [0, 0.05) is 12.6 Å². The summed E-state index contributed by atoms with van der Waals surface area (Å²) in [5, 5.41) is 3.36. The van der Waals surface area contributed by atoms with Gasteiger partial charge in [-0.25, -0.2) is 0 Å². The van der Waals surface area contributed by atoms with Gasteiger partial charge in [0.2, 0.25) is 0 Å². The molecule has 3 nitrogen and oxygen atoms in total. The van der Waals surface area contributed by atoms with Crippen LogP contribution in [-0.2, 0) is 0 Å². The lowest BCUT2D eigenvalue weighted by Crippen LogP contribution is -2.25. The number of hydrogen-bond donors (Lipinski definition) is 2. The normalized spacial score (nSPS) is 12.8. The van der Waals surface area contributed by atoms with E-state index < -0.39 is 0 Å². The molecule has 0 radical (unpaired) electrons. The topological polar surface area (TPSA) is 41.3 Å². The summed E-state index contributed by atoms with van der Waals surface area (Å²) in [6, 6.07) is 8.53. The second-order valence-corrected chi connectivity index (χ2v) is 4.47. The molecule has 0 aliphatic rings. The van der Waals surface area contributed by atoms with Crippen LogP contribution >= 0.6 is 0 Å². The first kappa shape index (κ1) is 12.8. The van der Waals surface area contributed by atoms with Gasteiger partial charge in [-0.15, -0.1) is 0 Å². The molecule has 16 heavy (non-hydrogen) atoms. The van der Waals surface area contributed by atoms with Gasteiger partial charge in [-0.2, -0.15) is 0 Å². The fourth-order valence-electron chi connectivity index (χ4n) is 1.54. The Morgan fingerprint density at radius 2 is 2.00 bits per heavy atom. The molecule has 0 saturated heterocycles. The molecule has 1 aromatic carbocycles. The summed E-state index contributed by atoms with van der Waals surface area (Å²) in [7, 11) is 4.24. The number of hydrogen-bond acceptors (Lipinski definition) is 3. The van der Waals surface area contributed by atoms with Gasteiger partial charge < -0.3 is 16.0 Å². The van der Waals surface area contributed by atoms with Crippen molar-refractivity contribution < 1.29 is 0 Å². The molecule has 0 aliphatic carbocycles. The molecule has 3 N–H and O–H groups in total. The highest BCUT2D eigenvalue weighted by Gasteiger charge is 2.03. The second-order valence-electron chi connectivity index (χ2n) is 4.47. The SMILES string of the molecule is CC(CCCNc1ccccc1N)N(C)C. The highest BCUT2D eigenvalue weighted by Crippen LogP contribution is 2.16. The van der Waals surface area contributed by atoms with Crippen molar-refractivity contribution in [2.45, 2.75) is 25.8 Å². The summed E-state index contributed by atoms with van der Waals surface area (Å²) in [5.74, 6) is 0. The number of para-hydroxylation sites is 2. The van der Waals surface area contributed by atoms with Crippen LogP contribution in [0.4, 0.5) is 11.4 Å². The van der Waals surface area contributed by atoms with Crippen LogP contribution < -0.4 is 11.1 Å². The Balaban J connectivity index is 2.24. The van der Waals surface area contributed by atoms with Gasteiger partial charge in [0.15, 0.2) is 0 Å². The van der Waals surface area contributed by atoms with Gasteiger partial charge in [0.1, 0.15) is 0 Å². The lowest BCUT2D eigenvalue weighted by Gasteiger charge is -2.19. The number of nitrogen functional groups attached to an aromatic ring is 1. The Labute approximate surface area is 98.6 Å². The van der Waals surface area contributed by atoms with Crippen LogP contribution in [0.1, 0.15) is 19.8 Å². The molecule has 1 rings (SSSR count). The van der Waals surface area contributed by atoms with Crippen molar-refractivity contribution in [1.29, 1.82) is 0 Å². The van der Waals surface area contributed by atoms with E-state index in [0.29, 0.717) is 6.04 Å². The Morgan fingerprint density at radius 1 is 1.31 bits per heavy atom. The van der Waals surface area contributed by atoms with E-state index in [-0.39, 0.29) is 0 Å². The molecule has 0 bridgehead atoms. The van der Waals surface area contributed by atoms with E-state index >= 15 is 0 Å². The molecule has 0 heterocycles. The number of rotatable bonds is 6. The van der Waals surface area contributed by atoms with Crippen molar-refractivity contribution in [2.24, 2.45) is 0 Å². The van der Waals surface area contributed by atoms with Crippen molar-refractivity contribution in [2.75, 3.05) is 31.7 Å². The average molecular weight is 221 g/mol. The first-order chi connectivity index (χ1) is 7.61. The van der Waals surface area contributed by atoms with Crippen LogP contribution in [0.15, 0.2) is 24.3 Å². The molecule has 1 unspecified atom stereocenters. The third-order valence-corrected chi connectivity index (χ3v) is 2.96. The van der Waals surface area contributed by atoms with E-state index in [9.17, 15) is 0 Å². The third-order valence-electron chi connectivity index (χ3n) is 2.96. The standard InChI is InChI=1S/C13H23N3/c1-11(16(2)3)7-6-10-15-13-9-5-4-8-12(13)14/h4-5,8-9,11,15H,6-7,10,14H2,1-3H3. The lowest BCUT2D eigenvalue weighted by molar-refractivity contribution is 0.296. The van der Waals surface area contributed by atoms with Crippen molar-refractivity contribution in [1.82, 2.24) is 4.90 Å². The van der Waals surface area contributed by atoms with Crippen LogP contribution in [0.5, 0.6) is 0 Å². The number of anilines is 2. The molecule has 1 aromatic rings. The second kappa shape index (κ2) is 6.38. The molecule has 90 valence electrons. The quantitative estimate of drug-likeness (QED) is 0.572. The number of benzene rings is 1. The molecular formula is C13H23N3. The Hall–Kier alpha value is -1.22. The molecule has 3 heteroatoms. The zero-order chi connectivity index (χ0) is 12.0. The molecule has 0 aliphatic heterocycles. The van der Waals surface area contributed by atoms with Gasteiger partial charge in [0.05, 0.1) is 11.4 Å². The fourth-order valence-corrected chi connectivity index (χ4v) is 1.54. The van der Waals surface area contributed by atoms with Crippen LogP contribution in [0.3, 0.4) is 0 Å². The maximum atomic E-state index is 5.84. The van der Waals surface area contributed by atoms with E-state index in [0.717, 1.165) is 24.3 Å². The third kappa shape index (κ3) is 4.11. The summed E-state index contributed by atoms with van der Waals surface area (Å²) in [5.41, 5.74) is 7.70. The van der Waals surface area contributed by atoms with Gasteiger partial charge in [0.25, 0.3) is 0 Å². The highest BCUT2D eigenvalue weighted by molar-refractivity contribution is 5.65. The molecule has 0 fully saturated rings. The zero-order valence-corrected chi connectivity index (χ0v) is 10.5. The van der Waals surface area contributed by atoms with E-state index in [1.165, 1.54) is 6.42 Å². The maximum Gasteiger partial charge on any atom is 0.0573 e. The lowest BCUT2D eigenvalue weighted by atomic mass is 10.1. The number of nitrogens with two attached hydrogens (primary N) is 1. The summed E-state index contributed by atoms with van der Waals surface area (Å²) < 4.78 is 0. The molecular weight excluding hydrogens is 198 g/mol. The molecule has 0 spiro atoms. The van der Waals surface area contributed by atoms with E-state index in [2.05, 4.69) is 31.2 Å². The van der Waals surface area contributed by atoms with Crippen molar-refractivity contribution >= 4 is 11.4 Å². The van der Waals surface area contributed by atoms with E-state index in [4.69, 9.17) is 5.73 Å². The predicted molar refractivity (Wildman–Crippen MR) is 71.7 cm³/mol. The van der Waals surface area contributed by atoms with Crippen LogP contribution in [0, 0.1) is 0 Å². The van der Waals surface area contributed by atoms with Crippen molar-refractivity contribution in [3.63, 3.8) is 0 Å². The average Bonchev–Trinajstić information content (AvgIpc) is 2.26. The summed E-state index contributed by atoms with van der Waals surface area (Å²) in [4.78, 5) is 2.25. The molecule has 1 atom stereocenters. The monoisotopic (exact) mass is 221 g/mol. The first-order valence-electron chi connectivity index (χ1n) is 5.86. The predicted octanol–water partition coefficient (Wildman–Crippen LogP) is 2.41. The smallest absolute Gasteiger partial charge is 0.0573 e. The molecule has 0 aromatic heterocycles. The minimum Gasteiger partial charge on any atom is -0.397 e. The largest absolute Gasteiger partial charge is 0.397 e. The summed E-state index contributed by atoms with van der Waals surface area (Å²) >= 11 is 0. The van der Waals surface area contributed by atoms with Gasteiger partial charge in [-0.1, -0.05) is 12.1 Å². The molecule has 0 amide bonds. The fraction of sp³-hybridized carbons (Fsp3) is 0.538. The van der Waals surface area contributed by atoms with Crippen molar-refractivity contribution in [3.05, 3.63) is 24.3 Å². The van der Waals surface area contributed by atoms with Crippen molar-refractivity contribution in [3.8, 4) is 0 Å². The van der Waals surface area contributed by atoms with Crippen LogP contribution in [-0.4, -0.2) is 31.6 Å². The minimum absolute atomic E-state index is 0.634. The summed E-state index contributed by atoms with van der Waals surface area (Å²) in [6.45, 7) is 3.23. The van der Waals surface area contributed by atoms with Gasteiger partial charge in [-0.05, 0) is 46.0 Å². The van der Waals surface area contributed by atoms with Gasteiger partial charge in [-0.3, -0.25) is 0 Å². The van der Waals surface area contributed by atoms with E-state index in [1.54, 1.807) is 0 Å². The Bertz CT molecular complexity index is 310. The maximum absolute atomic E-state index is 5.84. The molecule has 0 saturated carbocycles. The Morgan fingerprint density at radius 3 is 2.62 bits per heavy atom. The zero-order valence-electron chi connectivity index (χ0n) is 10.5. The van der Waals surface area contributed by atoms with Gasteiger partial charge >= 0.3 is 0 Å². The number of nitrogens with zero attached hydrogens (tertiary/aromatic N) is 1. The van der Waals surface area contributed by atoms with Crippen LogP contribution in [0.2, 0.25) is 0 Å². The number of nitrogens with one attached hydrogen (secondary N) is 1. The first-order valence-corrected chi connectivity index (χ1v) is 5.86.